The van der Waals surface area contributed by atoms with E-state index >= 15 is 0 Å². The lowest BCUT2D eigenvalue weighted by Crippen LogP contribution is -2.41. The molecule has 0 saturated carbocycles. The first kappa shape index (κ1) is 15.0. The molecule has 0 amide bonds. The maximum Gasteiger partial charge on any atom is 0.191 e. The van der Waals surface area contributed by atoms with Crippen molar-refractivity contribution in [1.82, 2.24) is 25.4 Å². The summed E-state index contributed by atoms with van der Waals surface area (Å²) in [6.45, 7) is 7.68. The summed E-state index contributed by atoms with van der Waals surface area (Å²) in [6, 6.07) is 6.19. The van der Waals surface area contributed by atoms with E-state index < -0.39 is 0 Å². The second-order valence-corrected chi connectivity index (χ2v) is 4.97. The Balaban J connectivity index is 2.09. The largest absolute Gasteiger partial charge is 0.357 e. The van der Waals surface area contributed by atoms with Crippen LogP contribution in [0.15, 0.2) is 41.8 Å². The van der Waals surface area contributed by atoms with Crippen LogP contribution in [0.4, 0.5) is 0 Å². The third kappa shape index (κ3) is 4.59. The second kappa shape index (κ2) is 7.42. The Hall–Kier alpha value is -2.37. The molecule has 0 radical (unpaired) electrons. The van der Waals surface area contributed by atoms with E-state index in [1.54, 1.807) is 17.1 Å². The summed E-state index contributed by atoms with van der Waals surface area (Å²) < 4.78 is 1.74. The van der Waals surface area contributed by atoms with Crippen LogP contribution in [0.25, 0.3) is 5.82 Å². The molecule has 0 aromatic carbocycles. The molecule has 0 spiro atoms. The Morgan fingerprint density at radius 1 is 1.38 bits per heavy atom. The molecule has 0 atom stereocenters. The predicted molar refractivity (Wildman–Crippen MR) is 84.4 cm³/mol. The highest BCUT2D eigenvalue weighted by Crippen LogP contribution is 2.07. The summed E-state index contributed by atoms with van der Waals surface area (Å²) >= 11 is 0. The molecule has 0 aliphatic rings. The lowest BCUT2D eigenvalue weighted by Gasteiger charge is -2.14. The predicted octanol–water partition coefficient (Wildman–Crippen LogP) is 1.73. The Kier molecular flexibility index (Phi) is 5.31. The van der Waals surface area contributed by atoms with E-state index in [0.29, 0.717) is 12.6 Å². The molecule has 0 fully saturated rings. The number of aromatic nitrogens is 3. The minimum Gasteiger partial charge on any atom is -0.357 e. The second-order valence-electron chi connectivity index (χ2n) is 4.97. The van der Waals surface area contributed by atoms with Crippen molar-refractivity contribution in [2.75, 3.05) is 6.54 Å². The van der Waals surface area contributed by atoms with E-state index in [-0.39, 0.29) is 0 Å². The zero-order valence-corrected chi connectivity index (χ0v) is 12.7. The maximum absolute atomic E-state index is 4.58. The lowest BCUT2D eigenvalue weighted by atomic mass is 10.2. The molecule has 6 nitrogen and oxygen atoms in total. The summed E-state index contributed by atoms with van der Waals surface area (Å²) in [7, 11) is 0. The zero-order chi connectivity index (χ0) is 15.1. The standard InChI is InChI=1S/C15H22N6/c1-4-16-15(20-12(2)3)18-11-13-6-8-17-14(10-13)21-9-5-7-19-21/h5-10,12H,4,11H2,1-3H3,(H2,16,18,20). The third-order valence-corrected chi connectivity index (χ3v) is 2.74. The molecule has 2 aromatic heterocycles. The van der Waals surface area contributed by atoms with Crippen molar-refractivity contribution in [3.8, 4) is 5.82 Å². The van der Waals surface area contributed by atoms with Gasteiger partial charge in [-0.2, -0.15) is 5.10 Å². The summed E-state index contributed by atoms with van der Waals surface area (Å²) in [6.07, 6.45) is 5.40. The molecule has 0 saturated heterocycles. The lowest BCUT2D eigenvalue weighted by molar-refractivity contribution is 0.700. The van der Waals surface area contributed by atoms with Crippen LogP contribution in [0.3, 0.4) is 0 Å². The number of aliphatic imine (C=N–C) groups is 1. The highest BCUT2D eigenvalue weighted by atomic mass is 15.3. The SMILES string of the molecule is CCNC(=NCc1ccnc(-n2cccn2)c1)NC(C)C. The minimum absolute atomic E-state index is 0.347. The number of pyridine rings is 1. The number of hydrogen-bond acceptors (Lipinski definition) is 3. The summed E-state index contributed by atoms with van der Waals surface area (Å²) in [5, 5.41) is 10.7. The monoisotopic (exact) mass is 286 g/mol. The van der Waals surface area contributed by atoms with Gasteiger partial charge in [0.2, 0.25) is 0 Å². The molecule has 0 bridgehead atoms. The fourth-order valence-electron chi connectivity index (χ4n) is 1.85. The molecule has 2 rings (SSSR count). The fraction of sp³-hybridized carbons (Fsp3) is 0.400. The van der Waals surface area contributed by atoms with Crippen LogP contribution in [0.5, 0.6) is 0 Å². The van der Waals surface area contributed by atoms with Crippen LogP contribution < -0.4 is 10.6 Å². The van der Waals surface area contributed by atoms with Crippen molar-refractivity contribution in [3.63, 3.8) is 0 Å². The fourth-order valence-corrected chi connectivity index (χ4v) is 1.85. The highest BCUT2D eigenvalue weighted by Gasteiger charge is 2.02. The first-order valence-corrected chi connectivity index (χ1v) is 7.19. The van der Waals surface area contributed by atoms with Gasteiger partial charge in [-0.25, -0.2) is 14.7 Å². The quantitative estimate of drug-likeness (QED) is 0.649. The van der Waals surface area contributed by atoms with Crippen LogP contribution in [0.1, 0.15) is 26.3 Å². The van der Waals surface area contributed by atoms with E-state index in [0.717, 1.165) is 23.9 Å². The Morgan fingerprint density at radius 2 is 2.24 bits per heavy atom. The van der Waals surface area contributed by atoms with Crippen molar-refractivity contribution >= 4 is 5.96 Å². The number of hydrogen-bond donors (Lipinski definition) is 2. The zero-order valence-electron chi connectivity index (χ0n) is 12.7. The molecule has 2 aromatic rings. The average Bonchev–Trinajstić information content (AvgIpc) is 2.99. The van der Waals surface area contributed by atoms with Gasteiger partial charge >= 0.3 is 0 Å². The van der Waals surface area contributed by atoms with Gasteiger partial charge in [0.05, 0.1) is 6.54 Å². The van der Waals surface area contributed by atoms with Crippen LogP contribution in [0.2, 0.25) is 0 Å². The van der Waals surface area contributed by atoms with Gasteiger partial charge in [-0.15, -0.1) is 0 Å². The molecule has 6 heteroatoms. The van der Waals surface area contributed by atoms with Crippen molar-refractivity contribution < 1.29 is 0 Å². The molecule has 2 heterocycles. The van der Waals surface area contributed by atoms with E-state index in [9.17, 15) is 0 Å². The van der Waals surface area contributed by atoms with Gasteiger partial charge in [0.1, 0.15) is 0 Å². The van der Waals surface area contributed by atoms with Crippen molar-refractivity contribution in [2.24, 2.45) is 4.99 Å². The number of rotatable bonds is 5. The minimum atomic E-state index is 0.347. The van der Waals surface area contributed by atoms with Crippen LogP contribution in [-0.4, -0.2) is 33.3 Å². The Bertz CT molecular complexity index is 574. The average molecular weight is 286 g/mol. The van der Waals surface area contributed by atoms with E-state index in [1.165, 1.54) is 0 Å². The van der Waals surface area contributed by atoms with Crippen LogP contribution >= 0.6 is 0 Å². The molecule has 112 valence electrons. The third-order valence-electron chi connectivity index (χ3n) is 2.74. The molecule has 0 aliphatic heterocycles. The first-order valence-electron chi connectivity index (χ1n) is 7.19. The van der Waals surface area contributed by atoms with Gasteiger partial charge in [-0.1, -0.05) is 0 Å². The van der Waals surface area contributed by atoms with E-state index in [4.69, 9.17) is 0 Å². The summed E-state index contributed by atoms with van der Waals surface area (Å²) in [5.74, 6) is 1.62. The molecule has 0 aliphatic carbocycles. The van der Waals surface area contributed by atoms with Crippen molar-refractivity contribution in [2.45, 2.75) is 33.4 Å². The number of guanidine groups is 1. The molecular weight excluding hydrogens is 264 g/mol. The van der Waals surface area contributed by atoms with E-state index in [2.05, 4.69) is 46.5 Å². The topological polar surface area (TPSA) is 67.1 Å². The Morgan fingerprint density at radius 3 is 2.90 bits per heavy atom. The highest BCUT2D eigenvalue weighted by molar-refractivity contribution is 5.79. The van der Waals surface area contributed by atoms with Crippen molar-refractivity contribution in [3.05, 3.63) is 42.4 Å². The van der Waals surface area contributed by atoms with Gasteiger partial charge in [-0.05, 0) is 44.5 Å². The molecule has 0 unspecified atom stereocenters. The van der Waals surface area contributed by atoms with Gasteiger partial charge in [-0.3, -0.25) is 0 Å². The maximum atomic E-state index is 4.58. The molecule has 21 heavy (non-hydrogen) atoms. The number of nitrogens with one attached hydrogen (secondary N) is 2. The first-order chi connectivity index (χ1) is 10.2. The Labute approximate surface area is 125 Å². The summed E-state index contributed by atoms with van der Waals surface area (Å²) in [4.78, 5) is 8.90. The van der Waals surface area contributed by atoms with Gasteiger partial charge in [0.15, 0.2) is 11.8 Å². The number of nitrogens with zero attached hydrogens (tertiary/aromatic N) is 4. The smallest absolute Gasteiger partial charge is 0.191 e. The van der Waals surface area contributed by atoms with E-state index in [1.807, 2.05) is 24.4 Å². The van der Waals surface area contributed by atoms with Crippen LogP contribution in [-0.2, 0) is 6.54 Å². The van der Waals surface area contributed by atoms with Crippen LogP contribution in [0, 0.1) is 0 Å². The van der Waals surface area contributed by atoms with Gasteiger partial charge < -0.3 is 10.6 Å². The van der Waals surface area contributed by atoms with Crippen molar-refractivity contribution in [1.29, 1.82) is 0 Å². The molecular formula is C15H22N6. The normalized spacial score (nSPS) is 11.7. The van der Waals surface area contributed by atoms with Gasteiger partial charge in [0.25, 0.3) is 0 Å². The molecule has 2 N–H and O–H groups in total. The van der Waals surface area contributed by atoms with Gasteiger partial charge in [0, 0.05) is 31.2 Å². The summed E-state index contributed by atoms with van der Waals surface area (Å²) in [5.41, 5.74) is 1.09.